The van der Waals surface area contributed by atoms with Crippen LogP contribution in [0.25, 0.3) is 0 Å². The van der Waals surface area contributed by atoms with Gasteiger partial charge in [0, 0.05) is 37.1 Å². The molecule has 31 heavy (non-hydrogen) atoms. The molecule has 0 aromatic heterocycles. The van der Waals surface area contributed by atoms with Crippen LogP contribution < -0.4 is 11.5 Å². The molecule has 4 unspecified atom stereocenters. The van der Waals surface area contributed by atoms with E-state index in [1.807, 2.05) is 12.1 Å². The fourth-order valence-electron chi connectivity index (χ4n) is 4.72. The van der Waals surface area contributed by atoms with Gasteiger partial charge >= 0.3 is 0 Å². The maximum Gasteiger partial charge on any atom is 0.0851 e. The van der Waals surface area contributed by atoms with E-state index in [2.05, 4.69) is 12.1 Å². The highest BCUT2D eigenvalue weighted by molar-refractivity contribution is 5.66. The molecule has 0 radical (unpaired) electrons. The molecule has 6 nitrogen and oxygen atoms in total. The minimum Gasteiger partial charge on any atom is -0.399 e. The van der Waals surface area contributed by atoms with Gasteiger partial charge in [0.1, 0.15) is 0 Å². The normalized spacial score (nSPS) is 27.9. The predicted molar refractivity (Wildman–Crippen MR) is 118 cm³/mol. The molecular weight excluding hydrogens is 392 g/mol. The summed E-state index contributed by atoms with van der Waals surface area (Å²) in [6.45, 7) is 3.31. The number of epoxide rings is 4. The van der Waals surface area contributed by atoms with E-state index in [0.29, 0.717) is 12.2 Å². The number of nitrogen functional groups attached to an aromatic ring is 2. The van der Waals surface area contributed by atoms with E-state index in [0.717, 1.165) is 69.9 Å². The Bertz CT molecular complexity index is 921. The molecule has 0 amide bonds. The highest BCUT2D eigenvalue weighted by Gasteiger charge is 2.36. The standard InChI is InChI=1S/C25H30N2O4/c26-15-3-1-14(2-4-15)5-20-21(6-16-10-28-16)23(8-18-12-30-18)25(27)24(9-19-13-31-19)22(20)7-17-11-29-17/h1-4,16-19H,5-13,26-27H2. The van der Waals surface area contributed by atoms with Crippen molar-refractivity contribution in [2.45, 2.75) is 56.5 Å². The molecule has 2 aromatic rings. The van der Waals surface area contributed by atoms with Crippen molar-refractivity contribution in [3.05, 3.63) is 57.6 Å². The second kappa shape index (κ2) is 7.78. The Morgan fingerprint density at radius 2 is 0.968 bits per heavy atom. The van der Waals surface area contributed by atoms with Gasteiger partial charge in [0.2, 0.25) is 0 Å². The monoisotopic (exact) mass is 422 g/mol. The quantitative estimate of drug-likeness (QED) is 0.450. The topological polar surface area (TPSA) is 102 Å². The Kier molecular flexibility index (Phi) is 4.91. The number of rotatable bonds is 10. The van der Waals surface area contributed by atoms with Crippen LogP contribution in [0.5, 0.6) is 0 Å². The van der Waals surface area contributed by atoms with E-state index < -0.39 is 0 Å². The summed E-state index contributed by atoms with van der Waals surface area (Å²) in [6, 6.07) is 8.23. The van der Waals surface area contributed by atoms with Crippen molar-refractivity contribution >= 4 is 11.4 Å². The van der Waals surface area contributed by atoms with Gasteiger partial charge in [-0.15, -0.1) is 0 Å². The van der Waals surface area contributed by atoms with Crippen LogP contribution in [-0.2, 0) is 51.1 Å². The highest BCUT2D eigenvalue weighted by Crippen LogP contribution is 2.40. The number of nitrogens with two attached hydrogens (primary N) is 2. The van der Waals surface area contributed by atoms with E-state index in [1.54, 1.807) is 0 Å². The Balaban J connectivity index is 1.49. The third kappa shape index (κ3) is 4.58. The molecule has 4 aliphatic heterocycles. The molecule has 6 rings (SSSR count). The minimum absolute atomic E-state index is 0.285. The average molecular weight is 423 g/mol. The molecule has 2 aromatic carbocycles. The number of hydrogen-bond acceptors (Lipinski definition) is 6. The number of anilines is 2. The van der Waals surface area contributed by atoms with Crippen LogP contribution in [0.1, 0.15) is 33.4 Å². The zero-order valence-electron chi connectivity index (χ0n) is 17.8. The van der Waals surface area contributed by atoms with Crippen molar-refractivity contribution < 1.29 is 18.9 Å². The molecule has 4 N–H and O–H groups in total. The zero-order valence-corrected chi connectivity index (χ0v) is 17.8. The smallest absolute Gasteiger partial charge is 0.0851 e. The molecule has 0 bridgehead atoms. The first-order valence-corrected chi connectivity index (χ1v) is 11.4. The summed E-state index contributed by atoms with van der Waals surface area (Å²) < 4.78 is 22.5. The van der Waals surface area contributed by atoms with Gasteiger partial charge in [0.05, 0.1) is 50.8 Å². The fourth-order valence-corrected chi connectivity index (χ4v) is 4.72. The summed E-state index contributed by atoms with van der Waals surface area (Å²) in [5, 5.41) is 0. The largest absolute Gasteiger partial charge is 0.399 e. The van der Waals surface area contributed by atoms with Crippen LogP contribution in [0.2, 0.25) is 0 Å². The number of hydrogen-bond donors (Lipinski definition) is 2. The highest BCUT2D eigenvalue weighted by atomic mass is 16.6. The zero-order chi connectivity index (χ0) is 20.9. The molecular formula is C25H30N2O4. The van der Waals surface area contributed by atoms with Crippen LogP contribution in [0.4, 0.5) is 11.4 Å². The SMILES string of the molecule is Nc1ccc(Cc2c(CC3CO3)c(CC3CO3)c(N)c(CC3CO3)c2CC2CO2)cc1. The van der Waals surface area contributed by atoms with E-state index in [1.165, 1.54) is 33.4 Å². The van der Waals surface area contributed by atoms with Crippen LogP contribution in [0.15, 0.2) is 24.3 Å². The van der Waals surface area contributed by atoms with Gasteiger partial charge in [-0.1, -0.05) is 12.1 Å². The molecule has 4 saturated heterocycles. The van der Waals surface area contributed by atoms with Gasteiger partial charge in [0.25, 0.3) is 0 Å². The average Bonchev–Trinajstić information content (AvgIpc) is 3.61. The van der Waals surface area contributed by atoms with Gasteiger partial charge in [-0.2, -0.15) is 0 Å². The summed E-state index contributed by atoms with van der Waals surface area (Å²) in [7, 11) is 0. The van der Waals surface area contributed by atoms with Crippen molar-refractivity contribution in [3.63, 3.8) is 0 Å². The third-order valence-corrected chi connectivity index (χ3v) is 6.80. The fraction of sp³-hybridized carbons (Fsp3) is 0.520. The van der Waals surface area contributed by atoms with Gasteiger partial charge in [-0.05, 0) is 51.9 Å². The summed E-state index contributed by atoms with van der Waals surface area (Å²) in [5.74, 6) is 0. The first kappa shape index (κ1) is 19.6. The number of ether oxygens (including phenoxy) is 4. The van der Waals surface area contributed by atoms with E-state index >= 15 is 0 Å². The molecule has 0 spiro atoms. The molecule has 4 heterocycles. The van der Waals surface area contributed by atoms with Crippen molar-refractivity contribution in [2.24, 2.45) is 0 Å². The lowest BCUT2D eigenvalue weighted by atomic mass is 9.80. The Labute approximate surface area is 182 Å². The van der Waals surface area contributed by atoms with Crippen molar-refractivity contribution in [1.82, 2.24) is 0 Å². The van der Waals surface area contributed by atoms with Gasteiger partial charge in [-0.3, -0.25) is 0 Å². The molecule has 6 heteroatoms. The van der Waals surface area contributed by atoms with Crippen molar-refractivity contribution in [3.8, 4) is 0 Å². The molecule has 4 atom stereocenters. The lowest BCUT2D eigenvalue weighted by Crippen LogP contribution is -2.18. The molecule has 164 valence electrons. The third-order valence-electron chi connectivity index (χ3n) is 6.80. The van der Waals surface area contributed by atoms with Crippen LogP contribution in [0.3, 0.4) is 0 Å². The Morgan fingerprint density at radius 1 is 0.581 bits per heavy atom. The summed E-state index contributed by atoms with van der Waals surface area (Å²) in [4.78, 5) is 0. The first-order valence-electron chi connectivity index (χ1n) is 11.4. The lowest BCUT2D eigenvalue weighted by molar-refractivity contribution is 0.398. The Morgan fingerprint density at radius 3 is 1.35 bits per heavy atom. The van der Waals surface area contributed by atoms with E-state index in [-0.39, 0.29) is 12.2 Å². The molecule has 4 fully saturated rings. The summed E-state index contributed by atoms with van der Waals surface area (Å²) in [6.07, 6.45) is 5.60. The molecule has 4 aliphatic rings. The minimum atomic E-state index is 0.285. The maximum absolute atomic E-state index is 6.90. The van der Waals surface area contributed by atoms with Crippen LogP contribution in [0, 0.1) is 0 Å². The molecule has 0 saturated carbocycles. The summed E-state index contributed by atoms with van der Waals surface area (Å²) in [5.41, 5.74) is 22.5. The van der Waals surface area contributed by atoms with Gasteiger partial charge in [0.15, 0.2) is 0 Å². The van der Waals surface area contributed by atoms with Crippen LogP contribution in [-0.4, -0.2) is 50.8 Å². The van der Waals surface area contributed by atoms with E-state index in [9.17, 15) is 0 Å². The first-order chi connectivity index (χ1) is 15.1. The number of benzene rings is 2. The van der Waals surface area contributed by atoms with Crippen molar-refractivity contribution in [2.75, 3.05) is 37.9 Å². The summed E-state index contributed by atoms with van der Waals surface area (Å²) >= 11 is 0. The lowest BCUT2D eigenvalue weighted by Gasteiger charge is -2.25. The molecule has 0 aliphatic carbocycles. The van der Waals surface area contributed by atoms with Gasteiger partial charge < -0.3 is 30.4 Å². The van der Waals surface area contributed by atoms with E-state index in [4.69, 9.17) is 30.4 Å². The van der Waals surface area contributed by atoms with Gasteiger partial charge in [-0.25, -0.2) is 0 Å². The second-order valence-electron chi connectivity index (χ2n) is 9.36. The predicted octanol–water partition coefficient (Wildman–Crippen LogP) is 2.21. The van der Waals surface area contributed by atoms with Crippen LogP contribution >= 0.6 is 0 Å². The Hall–Kier alpha value is -2.12. The second-order valence-corrected chi connectivity index (χ2v) is 9.36. The maximum atomic E-state index is 6.90. The van der Waals surface area contributed by atoms with Crippen molar-refractivity contribution in [1.29, 1.82) is 0 Å².